The Morgan fingerprint density at radius 2 is 2.05 bits per heavy atom. The molecule has 3 rings (SSSR count). The van der Waals surface area contributed by atoms with Crippen LogP contribution < -0.4 is 4.90 Å². The fourth-order valence-electron chi connectivity index (χ4n) is 3.92. The van der Waals surface area contributed by atoms with Gasteiger partial charge in [0.2, 0.25) is 0 Å². The van der Waals surface area contributed by atoms with Crippen molar-refractivity contribution in [3.63, 3.8) is 0 Å². The van der Waals surface area contributed by atoms with Crippen molar-refractivity contribution in [1.82, 2.24) is 14.9 Å². The fourth-order valence-corrected chi connectivity index (χ4v) is 3.92. The van der Waals surface area contributed by atoms with Gasteiger partial charge in [-0.05, 0) is 38.6 Å². The van der Waals surface area contributed by atoms with Crippen LogP contribution >= 0.6 is 0 Å². The smallest absolute Gasteiger partial charge is 0.147 e. The molecule has 21 heavy (non-hydrogen) atoms. The summed E-state index contributed by atoms with van der Waals surface area (Å²) in [6.07, 6.45) is 11.7. The molecule has 1 aromatic heterocycles. The highest BCUT2D eigenvalue weighted by Crippen LogP contribution is 2.39. The number of piperidine rings is 1. The molecule has 0 saturated carbocycles. The topological polar surface area (TPSA) is 41.5 Å². The summed E-state index contributed by atoms with van der Waals surface area (Å²) in [7, 11) is 1.79. The number of aromatic nitrogens is 2. The number of nitrogens with zero attached hydrogens (tertiary/aromatic N) is 4. The van der Waals surface area contributed by atoms with Crippen molar-refractivity contribution in [3.05, 3.63) is 18.6 Å². The van der Waals surface area contributed by atoms with Crippen molar-refractivity contribution in [2.75, 3.05) is 44.8 Å². The summed E-state index contributed by atoms with van der Waals surface area (Å²) < 4.78 is 5.20. The largest absolute Gasteiger partial charge is 0.385 e. The first kappa shape index (κ1) is 14.7. The molecule has 0 unspecified atom stereocenters. The summed E-state index contributed by atoms with van der Waals surface area (Å²) in [5.74, 6) is 1.02. The maximum absolute atomic E-state index is 5.20. The van der Waals surface area contributed by atoms with Crippen LogP contribution in [0.1, 0.15) is 32.1 Å². The van der Waals surface area contributed by atoms with Crippen LogP contribution in [0.4, 0.5) is 5.82 Å². The van der Waals surface area contributed by atoms with Crippen LogP contribution in [0, 0.1) is 0 Å². The minimum Gasteiger partial charge on any atom is -0.385 e. The number of hydrogen-bond donors (Lipinski definition) is 0. The van der Waals surface area contributed by atoms with E-state index >= 15 is 0 Å². The molecule has 2 aliphatic rings. The molecule has 2 aliphatic heterocycles. The van der Waals surface area contributed by atoms with Crippen molar-refractivity contribution >= 4 is 5.82 Å². The van der Waals surface area contributed by atoms with Gasteiger partial charge < -0.3 is 9.64 Å². The van der Waals surface area contributed by atoms with Gasteiger partial charge in [-0.25, -0.2) is 4.98 Å². The van der Waals surface area contributed by atoms with Crippen LogP contribution in [0.15, 0.2) is 18.6 Å². The van der Waals surface area contributed by atoms with E-state index in [0.717, 1.165) is 31.9 Å². The van der Waals surface area contributed by atoms with E-state index in [0.29, 0.717) is 5.54 Å². The van der Waals surface area contributed by atoms with E-state index in [1.807, 2.05) is 6.20 Å². The Morgan fingerprint density at radius 3 is 2.76 bits per heavy atom. The molecule has 116 valence electrons. The Labute approximate surface area is 127 Å². The number of rotatable bonds is 5. The molecule has 0 aliphatic carbocycles. The zero-order valence-corrected chi connectivity index (χ0v) is 13.0. The molecule has 0 amide bonds. The quantitative estimate of drug-likeness (QED) is 0.775. The summed E-state index contributed by atoms with van der Waals surface area (Å²) in [5.41, 5.74) is 0.437. The number of methoxy groups -OCH3 is 1. The van der Waals surface area contributed by atoms with E-state index < -0.39 is 0 Å². The number of likely N-dealkylation sites (tertiary alicyclic amines) is 1. The minimum absolute atomic E-state index is 0.437. The van der Waals surface area contributed by atoms with Crippen molar-refractivity contribution in [3.8, 4) is 0 Å². The lowest BCUT2D eigenvalue weighted by molar-refractivity contribution is 0.0923. The van der Waals surface area contributed by atoms with Crippen LogP contribution in [-0.4, -0.2) is 60.3 Å². The molecule has 0 bridgehead atoms. The van der Waals surface area contributed by atoms with Gasteiger partial charge in [0.15, 0.2) is 0 Å². The highest BCUT2D eigenvalue weighted by atomic mass is 16.5. The molecule has 2 saturated heterocycles. The van der Waals surface area contributed by atoms with Gasteiger partial charge in [-0.15, -0.1) is 0 Å². The van der Waals surface area contributed by atoms with Gasteiger partial charge in [0.1, 0.15) is 5.82 Å². The minimum atomic E-state index is 0.437. The second-order valence-electron chi connectivity index (χ2n) is 6.21. The highest BCUT2D eigenvalue weighted by molar-refractivity contribution is 5.36. The fraction of sp³-hybridized carbons (Fsp3) is 0.750. The maximum atomic E-state index is 5.20. The van der Waals surface area contributed by atoms with Gasteiger partial charge in [-0.1, -0.05) is 0 Å². The predicted octanol–water partition coefficient (Wildman–Crippen LogP) is 1.95. The SMILES string of the molecule is COCCCN1CCCC12CCN(c1cnccn1)CC2. The lowest BCUT2D eigenvalue weighted by Crippen LogP contribution is -2.52. The van der Waals surface area contributed by atoms with Gasteiger partial charge in [-0.2, -0.15) is 0 Å². The second kappa shape index (κ2) is 6.71. The zero-order chi connectivity index (χ0) is 14.5. The van der Waals surface area contributed by atoms with Crippen LogP contribution in [0.25, 0.3) is 0 Å². The lowest BCUT2D eigenvalue weighted by Gasteiger charge is -2.45. The molecule has 5 heteroatoms. The Kier molecular flexibility index (Phi) is 4.70. The molecule has 2 fully saturated rings. The van der Waals surface area contributed by atoms with E-state index in [4.69, 9.17) is 4.74 Å². The molecule has 0 radical (unpaired) electrons. The van der Waals surface area contributed by atoms with Crippen LogP contribution in [0.3, 0.4) is 0 Å². The molecule has 1 aromatic rings. The number of anilines is 1. The number of ether oxygens (including phenoxy) is 1. The zero-order valence-electron chi connectivity index (χ0n) is 13.0. The lowest BCUT2D eigenvalue weighted by atomic mass is 9.85. The van der Waals surface area contributed by atoms with E-state index in [2.05, 4.69) is 19.8 Å². The van der Waals surface area contributed by atoms with E-state index in [-0.39, 0.29) is 0 Å². The molecule has 0 N–H and O–H groups in total. The molecule has 3 heterocycles. The van der Waals surface area contributed by atoms with Crippen LogP contribution in [0.5, 0.6) is 0 Å². The molecule has 0 atom stereocenters. The van der Waals surface area contributed by atoms with Crippen molar-refractivity contribution < 1.29 is 4.74 Å². The van der Waals surface area contributed by atoms with Crippen molar-refractivity contribution in [2.24, 2.45) is 0 Å². The van der Waals surface area contributed by atoms with Crippen molar-refractivity contribution in [2.45, 2.75) is 37.6 Å². The number of hydrogen-bond acceptors (Lipinski definition) is 5. The van der Waals surface area contributed by atoms with E-state index in [9.17, 15) is 0 Å². The highest BCUT2D eigenvalue weighted by Gasteiger charge is 2.42. The van der Waals surface area contributed by atoms with Gasteiger partial charge in [0.25, 0.3) is 0 Å². The third-order valence-corrected chi connectivity index (χ3v) is 5.09. The first-order valence-corrected chi connectivity index (χ1v) is 8.09. The molecule has 0 aromatic carbocycles. The first-order chi connectivity index (χ1) is 10.3. The third-order valence-electron chi connectivity index (χ3n) is 5.09. The first-order valence-electron chi connectivity index (χ1n) is 8.09. The van der Waals surface area contributed by atoms with Gasteiger partial charge in [0.05, 0.1) is 6.20 Å². The van der Waals surface area contributed by atoms with Crippen molar-refractivity contribution in [1.29, 1.82) is 0 Å². The van der Waals surface area contributed by atoms with Gasteiger partial charge in [-0.3, -0.25) is 9.88 Å². The maximum Gasteiger partial charge on any atom is 0.147 e. The Bertz CT molecular complexity index is 431. The molecule has 1 spiro atoms. The summed E-state index contributed by atoms with van der Waals surface area (Å²) >= 11 is 0. The third kappa shape index (κ3) is 3.19. The summed E-state index contributed by atoms with van der Waals surface area (Å²) in [5, 5.41) is 0. The standard InChI is InChI=1S/C16H26N4O/c1-21-13-3-10-20-9-2-4-16(20)5-11-19(12-6-16)15-14-17-7-8-18-15/h7-8,14H,2-6,9-13H2,1H3. The normalized spacial score (nSPS) is 22.0. The average Bonchev–Trinajstić information content (AvgIpc) is 2.92. The Morgan fingerprint density at radius 1 is 1.19 bits per heavy atom. The average molecular weight is 290 g/mol. The predicted molar refractivity (Wildman–Crippen MR) is 83.5 cm³/mol. The van der Waals surface area contributed by atoms with Gasteiger partial charge in [0, 0.05) is 51.3 Å². The summed E-state index contributed by atoms with van der Waals surface area (Å²) in [6.45, 7) is 5.51. The molecular formula is C16H26N4O. The second-order valence-corrected chi connectivity index (χ2v) is 6.21. The van der Waals surface area contributed by atoms with Crippen LogP contribution in [0.2, 0.25) is 0 Å². The molecule has 5 nitrogen and oxygen atoms in total. The summed E-state index contributed by atoms with van der Waals surface area (Å²) in [4.78, 5) is 13.7. The summed E-state index contributed by atoms with van der Waals surface area (Å²) in [6, 6.07) is 0. The van der Waals surface area contributed by atoms with Crippen LogP contribution in [-0.2, 0) is 4.74 Å². The van der Waals surface area contributed by atoms with Gasteiger partial charge >= 0.3 is 0 Å². The van der Waals surface area contributed by atoms with E-state index in [1.165, 1.54) is 38.8 Å². The Hall–Kier alpha value is -1.20. The molecular weight excluding hydrogens is 264 g/mol. The monoisotopic (exact) mass is 290 g/mol. The Balaban J connectivity index is 1.58. The van der Waals surface area contributed by atoms with E-state index in [1.54, 1.807) is 19.5 Å².